The second-order valence-corrected chi connectivity index (χ2v) is 2.50. The van der Waals surface area contributed by atoms with Crippen LogP contribution in [-0.2, 0) is 4.74 Å². The first-order valence-electron chi connectivity index (χ1n) is 3.68. The number of rotatable bonds is 2. The Hall–Kier alpha value is -0.520. The average Bonchev–Trinajstić information content (AvgIpc) is 2.03. The summed E-state index contributed by atoms with van der Waals surface area (Å²) in [4.78, 5) is 0. The normalized spacial score (nSPS) is 25.7. The molecule has 0 bridgehead atoms. The minimum atomic E-state index is 0.491. The molecule has 1 unspecified atom stereocenters. The largest absolute Gasteiger partial charge is 0.380 e. The van der Waals surface area contributed by atoms with Gasteiger partial charge in [0.2, 0.25) is 0 Å². The van der Waals surface area contributed by atoms with Gasteiger partial charge in [-0.25, -0.2) is 0 Å². The molecule has 0 aromatic rings. The van der Waals surface area contributed by atoms with E-state index in [9.17, 15) is 0 Å². The summed E-state index contributed by atoms with van der Waals surface area (Å²) in [6.45, 7) is 2.39. The molecule has 0 radical (unpaired) electrons. The second kappa shape index (κ2) is 4.32. The third-order valence-corrected chi connectivity index (χ3v) is 1.65. The first-order chi connectivity index (χ1) is 4.93. The molecule has 1 aliphatic rings. The minimum absolute atomic E-state index is 0.491. The van der Waals surface area contributed by atoms with Crippen LogP contribution in [0.25, 0.3) is 0 Å². The second-order valence-electron chi connectivity index (χ2n) is 2.50. The van der Waals surface area contributed by atoms with E-state index in [1.807, 2.05) is 0 Å². The van der Waals surface area contributed by atoms with Gasteiger partial charge in [-0.3, -0.25) is 0 Å². The minimum Gasteiger partial charge on any atom is -0.380 e. The molecule has 1 heterocycles. The number of hydrogen-bond donors (Lipinski definition) is 1. The molecule has 1 saturated heterocycles. The van der Waals surface area contributed by atoms with E-state index in [0.717, 1.165) is 19.6 Å². The lowest BCUT2D eigenvalue weighted by molar-refractivity contribution is 0.0719. The molecule has 2 heteroatoms. The number of terminal acetylenes is 1. The third kappa shape index (κ3) is 2.38. The fraction of sp³-hybridized carbons (Fsp3) is 0.750. The Labute approximate surface area is 62.0 Å². The van der Waals surface area contributed by atoms with Gasteiger partial charge < -0.3 is 10.1 Å². The summed E-state index contributed by atoms with van der Waals surface area (Å²) in [5, 5.41) is 3.21. The Bertz CT molecular complexity index is 122. The van der Waals surface area contributed by atoms with Crippen LogP contribution in [-0.4, -0.2) is 25.8 Å². The lowest BCUT2D eigenvalue weighted by atomic mass is 10.1. The van der Waals surface area contributed by atoms with Crippen molar-refractivity contribution in [2.75, 3.05) is 19.8 Å². The monoisotopic (exact) mass is 139 g/mol. The van der Waals surface area contributed by atoms with Crippen molar-refractivity contribution in [1.82, 2.24) is 5.32 Å². The van der Waals surface area contributed by atoms with E-state index in [1.54, 1.807) is 0 Å². The smallest absolute Gasteiger partial charge is 0.0619 e. The molecule has 0 amide bonds. The molecule has 0 saturated carbocycles. The van der Waals surface area contributed by atoms with Gasteiger partial charge in [0.1, 0.15) is 0 Å². The van der Waals surface area contributed by atoms with Crippen molar-refractivity contribution >= 4 is 0 Å². The lowest BCUT2D eigenvalue weighted by Crippen LogP contribution is -2.36. The van der Waals surface area contributed by atoms with Crippen LogP contribution in [0.4, 0.5) is 0 Å². The van der Waals surface area contributed by atoms with Crippen molar-refractivity contribution in [3.63, 3.8) is 0 Å². The fourth-order valence-electron chi connectivity index (χ4n) is 1.10. The van der Waals surface area contributed by atoms with Crippen LogP contribution in [0.2, 0.25) is 0 Å². The predicted molar refractivity (Wildman–Crippen MR) is 40.7 cm³/mol. The first-order valence-corrected chi connectivity index (χ1v) is 3.68. The van der Waals surface area contributed by atoms with Gasteiger partial charge in [0, 0.05) is 12.6 Å². The molecule has 0 aromatic heterocycles. The van der Waals surface area contributed by atoms with Crippen LogP contribution in [0.15, 0.2) is 0 Å². The summed E-state index contributed by atoms with van der Waals surface area (Å²) in [6.07, 6.45) is 7.44. The summed E-state index contributed by atoms with van der Waals surface area (Å²) in [5.74, 6) is 2.55. The molecule has 0 aliphatic carbocycles. The van der Waals surface area contributed by atoms with Gasteiger partial charge >= 0.3 is 0 Å². The molecule has 10 heavy (non-hydrogen) atoms. The molecule has 2 nitrogen and oxygen atoms in total. The van der Waals surface area contributed by atoms with E-state index < -0.39 is 0 Å². The molecule has 1 rings (SSSR count). The Morgan fingerprint density at radius 3 is 3.20 bits per heavy atom. The van der Waals surface area contributed by atoms with Crippen LogP contribution >= 0.6 is 0 Å². The molecule has 1 fully saturated rings. The van der Waals surface area contributed by atoms with Crippen LogP contribution < -0.4 is 5.32 Å². The summed E-state index contributed by atoms with van der Waals surface area (Å²) in [6, 6.07) is 0.491. The highest BCUT2D eigenvalue weighted by molar-refractivity contribution is 4.88. The number of ether oxygens (including phenoxy) is 1. The molecule has 0 spiro atoms. The highest BCUT2D eigenvalue weighted by atomic mass is 16.5. The van der Waals surface area contributed by atoms with Crippen LogP contribution in [0.1, 0.15) is 12.8 Å². The summed E-state index contributed by atoms with van der Waals surface area (Å²) in [7, 11) is 0. The van der Waals surface area contributed by atoms with Crippen molar-refractivity contribution in [2.24, 2.45) is 0 Å². The van der Waals surface area contributed by atoms with Gasteiger partial charge in [0.05, 0.1) is 13.2 Å². The highest BCUT2D eigenvalue weighted by Crippen LogP contribution is 2.04. The van der Waals surface area contributed by atoms with Gasteiger partial charge in [-0.05, 0) is 12.8 Å². The van der Waals surface area contributed by atoms with Gasteiger partial charge in [-0.2, -0.15) is 0 Å². The molecule has 0 aromatic carbocycles. The Balaban J connectivity index is 2.09. The highest BCUT2D eigenvalue weighted by Gasteiger charge is 2.11. The number of hydrogen-bond acceptors (Lipinski definition) is 2. The van der Waals surface area contributed by atoms with Crippen molar-refractivity contribution in [3.05, 3.63) is 0 Å². The summed E-state index contributed by atoms with van der Waals surface area (Å²) in [5.41, 5.74) is 0. The van der Waals surface area contributed by atoms with E-state index >= 15 is 0 Å². The van der Waals surface area contributed by atoms with E-state index in [2.05, 4.69) is 11.2 Å². The lowest BCUT2D eigenvalue weighted by Gasteiger charge is -2.21. The fourth-order valence-corrected chi connectivity index (χ4v) is 1.10. The molecular formula is C8H13NO. The van der Waals surface area contributed by atoms with Crippen molar-refractivity contribution < 1.29 is 4.74 Å². The van der Waals surface area contributed by atoms with Gasteiger partial charge in [0.15, 0.2) is 0 Å². The van der Waals surface area contributed by atoms with Crippen LogP contribution in [0, 0.1) is 12.3 Å². The van der Waals surface area contributed by atoms with Gasteiger partial charge in [-0.1, -0.05) is 5.92 Å². The van der Waals surface area contributed by atoms with Gasteiger partial charge in [0.25, 0.3) is 0 Å². The van der Waals surface area contributed by atoms with Gasteiger partial charge in [-0.15, -0.1) is 6.42 Å². The quantitative estimate of drug-likeness (QED) is 0.559. The topological polar surface area (TPSA) is 21.3 Å². The Morgan fingerprint density at radius 1 is 1.70 bits per heavy atom. The SMILES string of the molecule is C#CCNC1CCCOC1. The third-order valence-electron chi connectivity index (χ3n) is 1.65. The Kier molecular flexibility index (Phi) is 3.28. The van der Waals surface area contributed by atoms with Crippen LogP contribution in [0.3, 0.4) is 0 Å². The Morgan fingerprint density at radius 2 is 2.60 bits per heavy atom. The van der Waals surface area contributed by atoms with E-state index in [4.69, 9.17) is 11.2 Å². The van der Waals surface area contributed by atoms with E-state index in [1.165, 1.54) is 6.42 Å². The molecule has 1 N–H and O–H groups in total. The summed E-state index contributed by atoms with van der Waals surface area (Å²) < 4.78 is 5.25. The zero-order valence-electron chi connectivity index (χ0n) is 6.10. The van der Waals surface area contributed by atoms with Crippen molar-refractivity contribution in [3.8, 4) is 12.3 Å². The maximum Gasteiger partial charge on any atom is 0.0619 e. The van der Waals surface area contributed by atoms with E-state index in [0.29, 0.717) is 12.6 Å². The maximum absolute atomic E-state index is 5.25. The van der Waals surface area contributed by atoms with Crippen molar-refractivity contribution in [2.45, 2.75) is 18.9 Å². The molecule has 1 atom stereocenters. The zero-order chi connectivity index (χ0) is 7.23. The van der Waals surface area contributed by atoms with Crippen molar-refractivity contribution in [1.29, 1.82) is 0 Å². The zero-order valence-corrected chi connectivity index (χ0v) is 6.10. The van der Waals surface area contributed by atoms with E-state index in [-0.39, 0.29) is 0 Å². The molecule has 1 aliphatic heterocycles. The molecular weight excluding hydrogens is 126 g/mol. The predicted octanol–water partition coefficient (Wildman–Crippen LogP) is 0.388. The first kappa shape index (κ1) is 7.59. The maximum atomic E-state index is 5.25. The molecule has 56 valence electrons. The summed E-state index contributed by atoms with van der Waals surface area (Å²) >= 11 is 0. The average molecular weight is 139 g/mol. The standard InChI is InChI=1S/C8H13NO/c1-2-5-9-8-4-3-6-10-7-8/h1,8-9H,3-7H2. The number of nitrogens with one attached hydrogen (secondary N) is 1. The van der Waals surface area contributed by atoms with Crippen LogP contribution in [0.5, 0.6) is 0 Å².